The van der Waals surface area contributed by atoms with E-state index in [1.807, 2.05) is 0 Å². The van der Waals surface area contributed by atoms with Gasteiger partial charge in [-0.2, -0.15) is 0 Å². The number of halogens is 3. The highest BCUT2D eigenvalue weighted by molar-refractivity contribution is 8.26. The van der Waals surface area contributed by atoms with E-state index in [0.29, 0.717) is 31.1 Å². The van der Waals surface area contributed by atoms with Crippen molar-refractivity contribution in [3.8, 4) is 0 Å². The van der Waals surface area contributed by atoms with Crippen LogP contribution in [0.15, 0.2) is 47.4 Å². The molecule has 0 atom stereocenters. The van der Waals surface area contributed by atoms with Gasteiger partial charge >= 0.3 is 0 Å². The highest BCUT2D eigenvalue weighted by Crippen LogP contribution is 2.35. The largest absolute Gasteiger partial charge is 0.273 e. The topological polar surface area (TPSA) is 37.4 Å². The Bertz CT molecular complexity index is 926. The summed E-state index contributed by atoms with van der Waals surface area (Å²) in [7, 11) is 0. The summed E-state index contributed by atoms with van der Waals surface area (Å²) in [6, 6.07) is 11.2. The summed E-state index contributed by atoms with van der Waals surface area (Å²) in [5, 5.41) is 1.40. The molecule has 126 valence electrons. The molecule has 1 fully saturated rings. The summed E-state index contributed by atoms with van der Waals surface area (Å²) in [6.45, 7) is 0. The molecule has 0 radical (unpaired) electrons. The van der Waals surface area contributed by atoms with E-state index in [-0.39, 0.29) is 4.32 Å². The van der Waals surface area contributed by atoms with Crippen molar-refractivity contribution in [2.75, 3.05) is 0 Å². The summed E-state index contributed by atoms with van der Waals surface area (Å²) in [6.07, 6.45) is 1.59. The zero-order valence-corrected chi connectivity index (χ0v) is 16.2. The average molecular weight is 429 g/mol. The summed E-state index contributed by atoms with van der Waals surface area (Å²) < 4.78 is 0.168. The van der Waals surface area contributed by atoms with Crippen LogP contribution in [0.5, 0.6) is 0 Å². The maximum Gasteiger partial charge on any atom is 0.273 e. The minimum absolute atomic E-state index is 0.168. The summed E-state index contributed by atoms with van der Waals surface area (Å²) in [5.41, 5.74) is 0.942. The first kappa shape index (κ1) is 18.4. The Hall–Kier alpha value is -1.37. The molecule has 0 saturated carbocycles. The lowest BCUT2D eigenvalue weighted by molar-refractivity contribution is -0.120. The molecular weight excluding hydrogens is 421 g/mol. The number of nitrogens with zero attached hydrogens (tertiary/aromatic N) is 1. The van der Waals surface area contributed by atoms with Crippen molar-refractivity contribution >= 4 is 81.0 Å². The fourth-order valence-corrected chi connectivity index (χ4v) is 3.96. The Morgan fingerprint density at radius 1 is 1.04 bits per heavy atom. The molecule has 1 aliphatic heterocycles. The number of benzene rings is 2. The molecule has 0 N–H and O–H groups in total. The van der Waals surface area contributed by atoms with Gasteiger partial charge in [0, 0.05) is 20.6 Å². The maximum absolute atomic E-state index is 12.6. The van der Waals surface area contributed by atoms with Gasteiger partial charge in [0.05, 0.1) is 4.91 Å². The quantitative estimate of drug-likeness (QED) is 0.350. The lowest BCUT2D eigenvalue weighted by Gasteiger charge is -2.12. The standard InChI is InChI=1S/C17H8Cl3NO2S2/c18-11-4-1-9(2-5-11)15(22)21-16(23)14(25-17(21)24)7-10-3-6-12(19)8-13(10)20/h1-8H/b14-7+. The van der Waals surface area contributed by atoms with Crippen molar-refractivity contribution in [2.45, 2.75) is 0 Å². The number of thioether (sulfide) groups is 1. The predicted octanol–water partition coefficient (Wildman–Crippen LogP) is 5.69. The Morgan fingerprint density at radius 2 is 1.68 bits per heavy atom. The van der Waals surface area contributed by atoms with E-state index < -0.39 is 11.8 Å². The van der Waals surface area contributed by atoms with Crippen LogP contribution in [0.3, 0.4) is 0 Å². The van der Waals surface area contributed by atoms with Gasteiger partial charge in [0.2, 0.25) is 0 Å². The van der Waals surface area contributed by atoms with Crippen LogP contribution in [0.25, 0.3) is 6.08 Å². The van der Waals surface area contributed by atoms with Crippen LogP contribution in [-0.2, 0) is 4.79 Å². The second kappa shape index (κ2) is 7.48. The van der Waals surface area contributed by atoms with Gasteiger partial charge in [-0.05, 0) is 48.0 Å². The van der Waals surface area contributed by atoms with E-state index in [1.54, 1.807) is 48.5 Å². The maximum atomic E-state index is 12.6. The first-order valence-electron chi connectivity index (χ1n) is 6.90. The number of imide groups is 1. The van der Waals surface area contributed by atoms with Gasteiger partial charge in [0.15, 0.2) is 4.32 Å². The summed E-state index contributed by atoms with van der Waals surface area (Å²) in [4.78, 5) is 26.5. The summed E-state index contributed by atoms with van der Waals surface area (Å²) >= 11 is 24.1. The zero-order valence-electron chi connectivity index (χ0n) is 12.3. The zero-order chi connectivity index (χ0) is 18.1. The van der Waals surface area contributed by atoms with E-state index in [4.69, 9.17) is 47.0 Å². The molecule has 3 rings (SSSR count). The van der Waals surface area contributed by atoms with Crippen LogP contribution in [0, 0.1) is 0 Å². The van der Waals surface area contributed by atoms with Gasteiger partial charge in [0.25, 0.3) is 11.8 Å². The third-order valence-corrected chi connectivity index (χ3v) is 5.45. The molecule has 3 nitrogen and oxygen atoms in total. The number of carbonyl (C=O) groups excluding carboxylic acids is 2. The fourth-order valence-electron chi connectivity index (χ4n) is 2.12. The lowest BCUT2D eigenvalue weighted by Crippen LogP contribution is -2.34. The molecule has 0 aromatic heterocycles. The van der Waals surface area contributed by atoms with Crippen LogP contribution < -0.4 is 0 Å². The Labute approximate surface area is 168 Å². The molecule has 0 unspecified atom stereocenters. The number of carbonyl (C=O) groups is 2. The Balaban J connectivity index is 1.90. The SMILES string of the molecule is O=C1/C(=C\c2ccc(Cl)cc2Cl)SC(=S)N1C(=O)c1ccc(Cl)cc1. The minimum Gasteiger partial charge on any atom is -0.268 e. The second-order valence-electron chi connectivity index (χ2n) is 5.00. The van der Waals surface area contributed by atoms with Gasteiger partial charge in [0.1, 0.15) is 0 Å². The van der Waals surface area contributed by atoms with Gasteiger partial charge in [-0.15, -0.1) is 0 Å². The van der Waals surface area contributed by atoms with E-state index in [1.165, 1.54) is 0 Å². The second-order valence-corrected chi connectivity index (χ2v) is 7.95. The number of rotatable bonds is 2. The molecule has 1 saturated heterocycles. The third kappa shape index (κ3) is 3.91. The highest BCUT2D eigenvalue weighted by Gasteiger charge is 2.37. The van der Waals surface area contributed by atoms with E-state index >= 15 is 0 Å². The molecule has 2 aromatic rings. The lowest BCUT2D eigenvalue weighted by atomic mass is 10.2. The molecule has 0 bridgehead atoms. The fraction of sp³-hybridized carbons (Fsp3) is 0. The van der Waals surface area contributed by atoms with E-state index in [2.05, 4.69) is 0 Å². The Kier molecular flexibility index (Phi) is 5.51. The van der Waals surface area contributed by atoms with E-state index in [9.17, 15) is 9.59 Å². The van der Waals surface area contributed by atoms with Crippen molar-refractivity contribution in [2.24, 2.45) is 0 Å². The predicted molar refractivity (Wildman–Crippen MR) is 107 cm³/mol. The number of hydrogen-bond acceptors (Lipinski definition) is 4. The van der Waals surface area contributed by atoms with Gasteiger partial charge in [-0.25, -0.2) is 4.90 Å². The highest BCUT2D eigenvalue weighted by atomic mass is 35.5. The molecule has 0 aliphatic carbocycles. The smallest absolute Gasteiger partial charge is 0.268 e. The number of amides is 2. The van der Waals surface area contributed by atoms with Crippen molar-refractivity contribution in [3.63, 3.8) is 0 Å². The van der Waals surface area contributed by atoms with Crippen LogP contribution in [0.1, 0.15) is 15.9 Å². The molecule has 25 heavy (non-hydrogen) atoms. The summed E-state index contributed by atoms with van der Waals surface area (Å²) in [5.74, 6) is -0.981. The van der Waals surface area contributed by atoms with Gasteiger partial charge in [-0.3, -0.25) is 9.59 Å². The van der Waals surface area contributed by atoms with Crippen LogP contribution in [0.2, 0.25) is 15.1 Å². The van der Waals surface area contributed by atoms with E-state index in [0.717, 1.165) is 16.7 Å². The molecule has 8 heteroatoms. The van der Waals surface area contributed by atoms with Crippen molar-refractivity contribution in [1.82, 2.24) is 4.90 Å². The molecule has 1 aliphatic rings. The molecule has 1 heterocycles. The molecule has 0 spiro atoms. The average Bonchev–Trinajstić information content (AvgIpc) is 2.84. The molecular formula is C17H8Cl3NO2S2. The monoisotopic (exact) mass is 427 g/mol. The number of thiocarbonyl (C=S) groups is 1. The third-order valence-electron chi connectivity index (χ3n) is 3.34. The first-order valence-corrected chi connectivity index (χ1v) is 9.25. The molecule has 2 amide bonds. The number of hydrogen-bond donors (Lipinski definition) is 0. The minimum atomic E-state index is -0.496. The van der Waals surface area contributed by atoms with Crippen molar-refractivity contribution in [3.05, 3.63) is 73.6 Å². The van der Waals surface area contributed by atoms with Crippen molar-refractivity contribution < 1.29 is 9.59 Å². The normalized spacial score (nSPS) is 16.0. The Morgan fingerprint density at radius 3 is 2.32 bits per heavy atom. The van der Waals surface area contributed by atoms with Crippen LogP contribution >= 0.6 is 58.8 Å². The van der Waals surface area contributed by atoms with Gasteiger partial charge < -0.3 is 0 Å². The van der Waals surface area contributed by atoms with Gasteiger partial charge in [-0.1, -0.05) is 64.8 Å². The molecule has 2 aromatic carbocycles. The van der Waals surface area contributed by atoms with Crippen molar-refractivity contribution in [1.29, 1.82) is 0 Å². The van der Waals surface area contributed by atoms with Crippen LogP contribution in [0.4, 0.5) is 0 Å². The first-order chi connectivity index (χ1) is 11.9. The van der Waals surface area contributed by atoms with Crippen LogP contribution in [-0.4, -0.2) is 21.0 Å².